The van der Waals surface area contributed by atoms with Gasteiger partial charge in [-0.3, -0.25) is 4.79 Å². The van der Waals surface area contributed by atoms with Crippen LogP contribution in [0.15, 0.2) is 6.07 Å². The number of amides is 1. The molecule has 0 radical (unpaired) electrons. The van der Waals surface area contributed by atoms with Crippen molar-refractivity contribution in [1.82, 2.24) is 4.90 Å². The molecule has 0 aromatic carbocycles. The van der Waals surface area contributed by atoms with Crippen LogP contribution in [-0.4, -0.2) is 37.1 Å². The van der Waals surface area contributed by atoms with Crippen LogP contribution in [-0.2, 0) is 11.2 Å². The van der Waals surface area contributed by atoms with E-state index < -0.39 is 0 Å². The zero-order valence-electron chi connectivity index (χ0n) is 11.4. The summed E-state index contributed by atoms with van der Waals surface area (Å²) >= 11 is 1.65. The molecule has 0 saturated carbocycles. The van der Waals surface area contributed by atoms with Crippen molar-refractivity contribution >= 4 is 17.2 Å². The fourth-order valence-corrected chi connectivity index (χ4v) is 3.51. The van der Waals surface area contributed by atoms with Crippen molar-refractivity contribution < 1.29 is 9.53 Å². The van der Waals surface area contributed by atoms with Crippen molar-refractivity contribution in [2.75, 3.05) is 20.2 Å². The molecule has 18 heavy (non-hydrogen) atoms. The minimum absolute atomic E-state index is 0.192. The van der Waals surface area contributed by atoms with E-state index in [4.69, 9.17) is 4.74 Å². The Bertz CT molecular complexity index is 419. The van der Waals surface area contributed by atoms with Crippen LogP contribution in [0.1, 0.15) is 39.9 Å². The third-order valence-corrected chi connectivity index (χ3v) is 4.98. The Hall–Kier alpha value is -0.870. The summed E-state index contributed by atoms with van der Waals surface area (Å²) in [4.78, 5) is 16.5. The number of thiophene rings is 1. The van der Waals surface area contributed by atoms with Gasteiger partial charge in [0, 0.05) is 25.1 Å². The predicted octanol–water partition coefficient (Wildman–Crippen LogP) is 2.87. The Kier molecular flexibility index (Phi) is 4.40. The van der Waals surface area contributed by atoms with E-state index in [0.29, 0.717) is 6.10 Å². The van der Waals surface area contributed by atoms with Crippen molar-refractivity contribution in [2.24, 2.45) is 0 Å². The van der Waals surface area contributed by atoms with Gasteiger partial charge in [0.15, 0.2) is 0 Å². The number of ether oxygens (including phenoxy) is 1. The first kappa shape index (κ1) is 13.6. The van der Waals surface area contributed by atoms with Gasteiger partial charge in [0.1, 0.15) is 0 Å². The second kappa shape index (κ2) is 5.85. The van der Waals surface area contributed by atoms with Crippen molar-refractivity contribution in [3.05, 3.63) is 21.4 Å². The molecule has 2 heterocycles. The lowest BCUT2D eigenvalue weighted by molar-refractivity contribution is 0.0353. The summed E-state index contributed by atoms with van der Waals surface area (Å²) in [5.41, 5.74) is 1.25. The summed E-state index contributed by atoms with van der Waals surface area (Å²) in [6, 6.07) is 2.04. The second-order valence-corrected chi connectivity index (χ2v) is 5.93. The van der Waals surface area contributed by atoms with Gasteiger partial charge in [-0.15, -0.1) is 11.3 Å². The highest BCUT2D eigenvalue weighted by Gasteiger charge is 2.24. The minimum Gasteiger partial charge on any atom is -0.381 e. The molecular formula is C14H21NO2S. The lowest BCUT2D eigenvalue weighted by Gasteiger charge is -2.30. The number of hydrogen-bond donors (Lipinski definition) is 0. The Labute approximate surface area is 113 Å². The highest BCUT2D eigenvalue weighted by Crippen LogP contribution is 2.25. The molecule has 0 atom stereocenters. The number of carbonyl (C=O) groups excluding carboxylic acids is 1. The fourth-order valence-electron chi connectivity index (χ4n) is 2.43. The molecule has 100 valence electrons. The summed E-state index contributed by atoms with van der Waals surface area (Å²) in [5, 5.41) is 0. The average Bonchev–Trinajstić information content (AvgIpc) is 2.79. The van der Waals surface area contributed by atoms with E-state index >= 15 is 0 Å². The lowest BCUT2D eigenvalue weighted by Crippen LogP contribution is -2.40. The zero-order chi connectivity index (χ0) is 13.1. The van der Waals surface area contributed by atoms with Crippen LogP contribution in [0.25, 0.3) is 0 Å². The first-order valence-corrected chi connectivity index (χ1v) is 7.38. The molecule has 1 aromatic rings. The molecule has 1 aliphatic rings. The van der Waals surface area contributed by atoms with Crippen LogP contribution < -0.4 is 0 Å². The quantitative estimate of drug-likeness (QED) is 0.843. The number of nitrogens with zero attached hydrogens (tertiary/aromatic N) is 1. The molecule has 4 heteroatoms. The lowest BCUT2D eigenvalue weighted by atomic mass is 10.1. The third-order valence-electron chi connectivity index (χ3n) is 3.62. The van der Waals surface area contributed by atoms with Crippen molar-refractivity contribution in [1.29, 1.82) is 0 Å². The molecule has 0 aliphatic carbocycles. The van der Waals surface area contributed by atoms with Crippen molar-refractivity contribution in [3.8, 4) is 0 Å². The van der Waals surface area contributed by atoms with Gasteiger partial charge in [0.05, 0.1) is 11.0 Å². The molecule has 1 aromatic heterocycles. The molecule has 1 aliphatic heterocycles. The maximum atomic E-state index is 12.4. The fraction of sp³-hybridized carbons (Fsp3) is 0.643. The van der Waals surface area contributed by atoms with Gasteiger partial charge in [-0.25, -0.2) is 0 Å². The van der Waals surface area contributed by atoms with Gasteiger partial charge in [0.2, 0.25) is 0 Å². The van der Waals surface area contributed by atoms with Crippen LogP contribution in [0.2, 0.25) is 0 Å². The highest BCUT2D eigenvalue weighted by atomic mass is 32.1. The Morgan fingerprint density at radius 1 is 1.50 bits per heavy atom. The normalized spacial score (nSPS) is 17.2. The molecule has 1 amide bonds. The number of rotatable bonds is 3. The van der Waals surface area contributed by atoms with Gasteiger partial charge in [-0.2, -0.15) is 0 Å². The topological polar surface area (TPSA) is 29.5 Å². The number of hydrogen-bond acceptors (Lipinski definition) is 3. The number of carbonyl (C=O) groups is 1. The number of piperidine rings is 1. The van der Waals surface area contributed by atoms with Crippen LogP contribution in [0, 0.1) is 6.92 Å². The van der Waals surface area contributed by atoms with Gasteiger partial charge in [-0.05, 0) is 37.8 Å². The second-order valence-electron chi connectivity index (χ2n) is 4.80. The molecule has 2 rings (SSSR count). The highest BCUT2D eigenvalue weighted by molar-refractivity contribution is 7.14. The van der Waals surface area contributed by atoms with Crippen LogP contribution in [0.3, 0.4) is 0 Å². The van der Waals surface area contributed by atoms with Gasteiger partial charge in [-0.1, -0.05) is 6.92 Å². The average molecular weight is 267 g/mol. The first-order chi connectivity index (χ1) is 8.65. The third kappa shape index (κ3) is 2.75. The maximum absolute atomic E-state index is 12.4. The molecule has 0 N–H and O–H groups in total. The van der Waals surface area contributed by atoms with E-state index in [-0.39, 0.29) is 5.91 Å². The summed E-state index contributed by atoms with van der Waals surface area (Å²) in [6.07, 6.45) is 3.24. The van der Waals surface area contributed by atoms with E-state index in [1.807, 2.05) is 11.0 Å². The molecule has 0 unspecified atom stereocenters. The standard InChI is InChI=1S/C14H21NO2S/c1-4-12-10(2)9-13(18-12)14(16)15-7-5-11(17-3)6-8-15/h9,11H,4-8H2,1-3H3. The van der Waals surface area contributed by atoms with Crippen LogP contribution in [0.5, 0.6) is 0 Å². The molecule has 1 saturated heterocycles. The molecule has 0 bridgehead atoms. The van der Waals surface area contributed by atoms with Crippen molar-refractivity contribution in [3.63, 3.8) is 0 Å². The van der Waals surface area contributed by atoms with Crippen LogP contribution in [0.4, 0.5) is 0 Å². The zero-order valence-corrected chi connectivity index (χ0v) is 12.2. The maximum Gasteiger partial charge on any atom is 0.263 e. The largest absolute Gasteiger partial charge is 0.381 e. The molecule has 0 spiro atoms. The van der Waals surface area contributed by atoms with E-state index in [0.717, 1.165) is 37.2 Å². The Morgan fingerprint density at radius 2 is 2.17 bits per heavy atom. The number of aryl methyl sites for hydroxylation is 2. The van der Waals surface area contributed by atoms with E-state index in [2.05, 4.69) is 13.8 Å². The van der Waals surface area contributed by atoms with Crippen molar-refractivity contribution in [2.45, 2.75) is 39.2 Å². The van der Waals surface area contributed by atoms with Crippen LogP contribution >= 0.6 is 11.3 Å². The minimum atomic E-state index is 0.192. The summed E-state index contributed by atoms with van der Waals surface area (Å²) in [6.45, 7) is 5.85. The van der Waals surface area contributed by atoms with E-state index in [1.165, 1.54) is 10.4 Å². The summed E-state index contributed by atoms with van der Waals surface area (Å²) < 4.78 is 5.33. The molecule has 1 fully saturated rings. The molecule has 3 nitrogen and oxygen atoms in total. The number of likely N-dealkylation sites (tertiary alicyclic amines) is 1. The number of methoxy groups -OCH3 is 1. The van der Waals surface area contributed by atoms with Gasteiger partial charge >= 0.3 is 0 Å². The van der Waals surface area contributed by atoms with Gasteiger partial charge in [0.25, 0.3) is 5.91 Å². The molecular weight excluding hydrogens is 246 g/mol. The Balaban J connectivity index is 2.03. The SMILES string of the molecule is CCc1sc(C(=O)N2CCC(OC)CC2)cc1C. The monoisotopic (exact) mass is 267 g/mol. The smallest absolute Gasteiger partial charge is 0.263 e. The van der Waals surface area contributed by atoms with E-state index in [1.54, 1.807) is 18.4 Å². The summed E-state index contributed by atoms with van der Waals surface area (Å²) in [5.74, 6) is 0.192. The predicted molar refractivity (Wildman–Crippen MR) is 74.4 cm³/mol. The Morgan fingerprint density at radius 3 is 2.67 bits per heavy atom. The van der Waals surface area contributed by atoms with E-state index in [9.17, 15) is 4.79 Å². The first-order valence-electron chi connectivity index (χ1n) is 6.57. The summed E-state index contributed by atoms with van der Waals surface area (Å²) in [7, 11) is 1.75. The van der Waals surface area contributed by atoms with Gasteiger partial charge < -0.3 is 9.64 Å².